The summed E-state index contributed by atoms with van der Waals surface area (Å²) in [5.74, 6) is 5.78. The Labute approximate surface area is 759 Å². The van der Waals surface area contributed by atoms with Gasteiger partial charge < -0.3 is 9.80 Å². The van der Waals surface area contributed by atoms with E-state index in [9.17, 15) is 0 Å². The molecule has 0 aromatic heterocycles. The van der Waals surface area contributed by atoms with Crippen molar-refractivity contribution in [1.29, 1.82) is 0 Å². The van der Waals surface area contributed by atoms with Crippen molar-refractivity contribution in [3.63, 3.8) is 0 Å². The lowest BCUT2D eigenvalue weighted by Gasteiger charge is -2.40. The molecule has 126 heavy (non-hydrogen) atoms. The van der Waals surface area contributed by atoms with E-state index in [2.05, 4.69) is 403 Å². The van der Waals surface area contributed by atoms with Crippen LogP contribution in [0.2, 0.25) is 0 Å². The Morgan fingerprint density at radius 1 is 0.206 bits per heavy atom. The Balaban J connectivity index is 0.000000173. The smallest absolute Gasteiger partial charge is 0.0465 e. The average Bonchev–Trinajstić information content (AvgIpc) is 1.51. The molecule has 648 valence electrons. The molecule has 12 aromatic rings. The largest absolute Gasteiger partial charge is 0.310 e. The molecule has 0 radical (unpaired) electrons. The van der Waals surface area contributed by atoms with E-state index in [0.29, 0.717) is 45.3 Å². The van der Waals surface area contributed by atoms with Gasteiger partial charge in [-0.1, -0.05) is 320 Å². The zero-order valence-electron chi connectivity index (χ0n) is 80.1. The molecule has 8 aliphatic carbocycles. The Morgan fingerprint density at radius 2 is 0.429 bits per heavy atom. The lowest BCUT2D eigenvalue weighted by molar-refractivity contribution is 0.167. The van der Waals surface area contributed by atoms with Gasteiger partial charge in [-0.25, -0.2) is 0 Å². The standard InChI is InChI=1S/C72H89N.C52H53N/c1-68(2,3)51-30-22-46(23-31-51)50-42-61(47-24-32-52(33-25-47)69(4,5)6)67(62(43-50)48-26-34-53(35-27-48)70(7,8)9)49-28-36-54(37-29-49)73(55-38-40-59-57-18-14-16-20-63(57)71(10,11)65(59)44-55)56-39-41-60-58-19-15-17-21-64(58)72(12,13)66(60)45-56;1-50(2,3)38-24-20-36(21-25-38)34-16-18-35(19-17-34)37-22-26-39(27-23-37)53(40-28-30-44-42-12-8-10-14-46(42)51(4,5)48(44)32-40)41-29-31-45-43-13-9-11-15-47(43)52(6,7)49(45)33-41/h14-21,28-29,36-48,51-53H,22-27,30-35H2,1-13H3;8-19,22-23,26-33,36,38H,20-21,24-25H2,1-7H3. The van der Waals surface area contributed by atoms with Gasteiger partial charge in [0.15, 0.2) is 0 Å². The highest BCUT2D eigenvalue weighted by Crippen LogP contribution is 2.60. The molecule has 20 rings (SSSR count). The quantitative estimate of drug-likeness (QED) is 0.120. The van der Waals surface area contributed by atoms with Crippen LogP contribution in [0, 0.1) is 45.3 Å². The monoisotopic (exact) mass is 1660 g/mol. The van der Waals surface area contributed by atoms with E-state index in [-0.39, 0.29) is 21.7 Å². The SMILES string of the molecule is CC1(C)c2ccccc2-c2ccc(N(c3ccc(-c4c(C5CCC(C(C)(C)C)CC5)cc(C5CCC(C(C)(C)C)CC5)cc4C4CCC(C(C)(C)C)CC4)cc3)c3ccc4c(c3)C(C)(C)c3ccccc3-4)cc21.CC1(C)c2ccccc2-c2ccc(N(c3ccc(-c4ccc(C5CCC(C(C)(C)C)CC5)cc4)cc3)c3ccc4c(c3)C(C)(C)c3ccccc3-4)cc21. The molecule has 0 heterocycles. The van der Waals surface area contributed by atoms with Gasteiger partial charge in [0.1, 0.15) is 0 Å². The van der Waals surface area contributed by atoms with E-state index in [1.54, 1.807) is 22.3 Å². The van der Waals surface area contributed by atoms with Crippen molar-refractivity contribution < 1.29 is 0 Å². The van der Waals surface area contributed by atoms with Gasteiger partial charge in [0.05, 0.1) is 0 Å². The number of fused-ring (bicyclic) bond motifs is 12. The fourth-order valence-electron chi connectivity index (χ4n) is 25.8. The van der Waals surface area contributed by atoms with Gasteiger partial charge in [-0.2, -0.15) is 0 Å². The number of hydrogen-bond acceptors (Lipinski definition) is 2. The van der Waals surface area contributed by atoms with Crippen LogP contribution in [0.3, 0.4) is 0 Å². The third-order valence-electron chi connectivity index (χ3n) is 33.9. The first-order valence-electron chi connectivity index (χ1n) is 49.1. The summed E-state index contributed by atoms with van der Waals surface area (Å²) in [6, 6.07) is 99.3. The molecule has 4 saturated carbocycles. The molecule has 2 heteroatoms. The molecule has 4 fully saturated rings. The zero-order valence-corrected chi connectivity index (χ0v) is 80.1. The predicted octanol–water partition coefficient (Wildman–Crippen LogP) is 36.2. The summed E-state index contributed by atoms with van der Waals surface area (Å²) in [4.78, 5) is 5.04. The second kappa shape index (κ2) is 32.2. The van der Waals surface area contributed by atoms with E-state index >= 15 is 0 Å². The third kappa shape index (κ3) is 15.4. The fourth-order valence-corrected chi connectivity index (χ4v) is 25.8. The lowest BCUT2D eigenvalue weighted by atomic mass is 9.64. The van der Waals surface area contributed by atoms with E-state index in [0.717, 1.165) is 23.7 Å². The molecule has 0 N–H and O–H groups in total. The Hall–Kier alpha value is -9.76. The van der Waals surface area contributed by atoms with Crippen molar-refractivity contribution in [2.75, 3.05) is 9.80 Å². The van der Waals surface area contributed by atoms with Crippen LogP contribution in [-0.4, -0.2) is 0 Å². The van der Waals surface area contributed by atoms with Crippen LogP contribution in [0.5, 0.6) is 0 Å². The highest BCUT2D eigenvalue weighted by molar-refractivity contribution is 5.92. The molecule has 12 aromatic carbocycles. The Bertz CT molecular complexity index is 5780. The summed E-state index contributed by atoms with van der Waals surface area (Å²) in [5, 5.41) is 0. The molecule has 0 atom stereocenters. The summed E-state index contributed by atoms with van der Waals surface area (Å²) >= 11 is 0. The minimum Gasteiger partial charge on any atom is -0.310 e. The van der Waals surface area contributed by atoms with Gasteiger partial charge in [-0.15, -0.1) is 0 Å². The Morgan fingerprint density at radius 3 is 0.698 bits per heavy atom. The minimum absolute atomic E-state index is 0.0723. The molecule has 2 nitrogen and oxygen atoms in total. The normalized spacial score (nSPS) is 22.2. The molecule has 0 bridgehead atoms. The maximum absolute atomic E-state index is 2.80. The topological polar surface area (TPSA) is 6.48 Å². The number of benzene rings is 12. The van der Waals surface area contributed by atoms with Crippen LogP contribution in [-0.2, 0) is 21.7 Å². The zero-order chi connectivity index (χ0) is 88.1. The van der Waals surface area contributed by atoms with Gasteiger partial charge in [0.25, 0.3) is 0 Å². The molecule has 0 unspecified atom stereocenters. The van der Waals surface area contributed by atoms with E-state index in [1.807, 2.05) is 0 Å². The number of rotatable bonds is 12. The molecule has 8 aliphatic rings. The summed E-state index contributed by atoms with van der Waals surface area (Å²) < 4.78 is 0. The summed E-state index contributed by atoms with van der Waals surface area (Å²) in [6.07, 6.45) is 21.2. The van der Waals surface area contributed by atoms with Crippen LogP contribution in [0.15, 0.2) is 255 Å². The minimum atomic E-state index is -0.0953. The molecule has 0 spiro atoms. The summed E-state index contributed by atoms with van der Waals surface area (Å²) in [6.45, 7) is 48.7. The van der Waals surface area contributed by atoms with Crippen molar-refractivity contribution in [2.24, 2.45) is 45.3 Å². The molecule has 0 aliphatic heterocycles. The first-order chi connectivity index (χ1) is 60.0. The summed E-state index contributed by atoms with van der Waals surface area (Å²) in [7, 11) is 0. The average molecular weight is 1660 g/mol. The maximum atomic E-state index is 2.80. The predicted molar refractivity (Wildman–Crippen MR) is 540 cm³/mol. The highest BCUT2D eigenvalue weighted by atomic mass is 15.1. The fraction of sp³-hybridized carbons (Fsp3) is 0.419. The van der Waals surface area contributed by atoms with Gasteiger partial charge in [0.2, 0.25) is 0 Å². The van der Waals surface area contributed by atoms with Crippen LogP contribution >= 0.6 is 0 Å². The second-order valence-corrected chi connectivity index (χ2v) is 46.7. The first-order valence-corrected chi connectivity index (χ1v) is 49.1. The maximum Gasteiger partial charge on any atom is 0.0465 e. The van der Waals surface area contributed by atoms with E-state index < -0.39 is 0 Å². The van der Waals surface area contributed by atoms with Crippen molar-refractivity contribution in [1.82, 2.24) is 0 Å². The van der Waals surface area contributed by atoms with Crippen molar-refractivity contribution >= 4 is 34.1 Å². The molecular formula is C124H142N2. The highest BCUT2D eigenvalue weighted by Gasteiger charge is 2.44. The van der Waals surface area contributed by atoms with Crippen molar-refractivity contribution in [3.8, 4) is 66.8 Å². The number of anilines is 6. The second-order valence-electron chi connectivity index (χ2n) is 46.7. The van der Waals surface area contributed by atoms with E-state index in [1.165, 1.54) is 248 Å². The van der Waals surface area contributed by atoms with Crippen molar-refractivity contribution in [2.45, 2.75) is 287 Å². The Kier molecular flexibility index (Phi) is 21.9. The summed E-state index contributed by atoms with van der Waals surface area (Å²) in [5.41, 5.74) is 42.6. The van der Waals surface area contributed by atoms with Gasteiger partial charge in [-0.05, 0) is 378 Å². The lowest BCUT2D eigenvalue weighted by Crippen LogP contribution is -2.27. The van der Waals surface area contributed by atoms with Gasteiger partial charge in [0, 0.05) is 55.8 Å². The van der Waals surface area contributed by atoms with Gasteiger partial charge in [-0.3, -0.25) is 0 Å². The van der Waals surface area contributed by atoms with Crippen LogP contribution < -0.4 is 9.80 Å². The van der Waals surface area contributed by atoms with Crippen LogP contribution in [0.1, 0.15) is 332 Å². The number of hydrogen-bond donors (Lipinski definition) is 0. The van der Waals surface area contributed by atoms with Crippen molar-refractivity contribution in [3.05, 3.63) is 322 Å². The first kappa shape index (κ1) is 85.7. The van der Waals surface area contributed by atoms with Crippen LogP contribution in [0.4, 0.5) is 34.1 Å². The third-order valence-corrected chi connectivity index (χ3v) is 33.9. The molecular weight excluding hydrogens is 1520 g/mol. The van der Waals surface area contributed by atoms with E-state index in [4.69, 9.17) is 0 Å². The molecule has 0 saturated heterocycles. The molecule has 0 amide bonds. The van der Waals surface area contributed by atoms with Crippen LogP contribution in [0.25, 0.3) is 66.8 Å². The van der Waals surface area contributed by atoms with Gasteiger partial charge >= 0.3 is 0 Å². The number of nitrogens with zero attached hydrogens (tertiary/aromatic N) is 2.